The number of aromatic nitrogens is 2. The molecule has 0 aromatic carbocycles. The van der Waals surface area contributed by atoms with E-state index in [1.54, 1.807) is 35.4 Å². The Bertz CT molecular complexity index is 1140. The van der Waals surface area contributed by atoms with Crippen molar-refractivity contribution < 1.29 is 14.0 Å². The van der Waals surface area contributed by atoms with E-state index in [1.807, 2.05) is 23.3 Å². The fraction of sp³-hybridized carbons (Fsp3) is 0.364. The van der Waals surface area contributed by atoms with Crippen molar-refractivity contribution in [3.8, 4) is 0 Å². The normalized spacial score (nSPS) is 14.9. The third kappa shape index (κ3) is 3.78. The number of fused-ring (bicyclic) bond motifs is 1. The molecule has 8 heteroatoms. The summed E-state index contributed by atoms with van der Waals surface area (Å²) in [7, 11) is 0. The average Bonchev–Trinajstić information content (AvgIpc) is 3.29. The summed E-state index contributed by atoms with van der Waals surface area (Å²) in [6.07, 6.45) is 3.10. The number of hydrogen-bond acceptors (Lipinski definition) is 6. The summed E-state index contributed by atoms with van der Waals surface area (Å²) < 4.78 is 6.99. The van der Waals surface area contributed by atoms with E-state index in [-0.39, 0.29) is 29.2 Å². The first-order chi connectivity index (χ1) is 14.5. The molecule has 156 valence electrons. The standard InChI is InChI=1S/C22H24N4O4/c1-3-25-13-17(20(28)16-7-6-15(2)23-21(16)25)22(29)26-10-8-24(9-11-26)14-18(27)19-5-4-12-30-19/h4-7,12-13H,3,8-11,14H2,1-2H3. The summed E-state index contributed by atoms with van der Waals surface area (Å²) in [5, 5.41) is 0.455. The van der Waals surface area contributed by atoms with Gasteiger partial charge in [-0.3, -0.25) is 19.3 Å². The lowest BCUT2D eigenvalue weighted by Crippen LogP contribution is -2.50. The highest BCUT2D eigenvalue weighted by molar-refractivity contribution is 5.97. The maximum Gasteiger partial charge on any atom is 0.259 e. The van der Waals surface area contributed by atoms with Crippen molar-refractivity contribution >= 4 is 22.7 Å². The predicted molar refractivity (Wildman–Crippen MR) is 112 cm³/mol. The predicted octanol–water partition coefficient (Wildman–Crippen LogP) is 1.96. The zero-order valence-electron chi connectivity index (χ0n) is 17.1. The lowest BCUT2D eigenvalue weighted by atomic mass is 10.1. The maximum atomic E-state index is 13.1. The van der Waals surface area contributed by atoms with Crippen LogP contribution in [0.25, 0.3) is 11.0 Å². The van der Waals surface area contributed by atoms with Gasteiger partial charge < -0.3 is 13.9 Å². The maximum absolute atomic E-state index is 13.1. The summed E-state index contributed by atoms with van der Waals surface area (Å²) >= 11 is 0. The molecular weight excluding hydrogens is 384 g/mol. The molecule has 0 saturated carbocycles. The van der Waals surface area contributed by atoms with Crippen LogP contribution in [-0.4, -0.2) is 63.8 Å². The number of nitrogens with zero attached hydrogens (tertiary/aromatic N) is 4. The van der Waals surface area contributed by atoms with E-state index in [4.69, 9.17) is 4.42 Å². The summed E-state index contributed by atoms with van der Waals surface area (Å²) in [6.45, 7) is 6.73. The number of carbonyl (C=O) groups excluding carboxylic acids is 2. The van der Waals surface area contributed by atoms with E-state index in [0.717, 1.165) is 5.69 Å². The van der Waals surface area contributed by atoms with Gasteiger partial charge in [-0.1, -0.05) is 0 Å². The molecule has 0 N–H and O–H groups in total. The number of furan rings is 1. The molecule has 3 aromatic rings. The molecule has 0 bridgehead atoms. The SMILES string of the molecule is CCn1cc(C(=O)N2CCN(CC(=O)c3ccco3)CC2)c(=O)c2ccc(C)nc21. The Morgan fingerprint density at radius 3 is 2.57 bits per heavy atom. The smallest absolute Gasteiger partial charge is 0.259 e. The average molecular weight is 408 g/mol. The van der Waals surface area contributed by atoms with Gasteiger partial charge in [0.05, 0.1) is 18.2 Å². The Morgan fingerprint density at radius 2 is 1.90 bits per heavy atom. The Balaban J connectivity index is 1.50. The van der Waals surface area contributed by atoms with E-state index in [2.05, 4.69) is 4.98 Å². The zero-order valence-corrected chi connectivity index (χ0v) is 17.1. The van der Waals surface area contributed by atoms with Crippen LogP contribution in [0.15, 0.2) is 45.9 Å². The van der Waals surface area contributed by atoms with Crippen molar-refractivity contribution in [2.75, 3.05) is 32.7 Å². The van der Waals surface area contributed by atoms with Gasteiger partial charge in [0.15, 0.2) is 5.76 Å². The van der Waals surface area contributed by atoms with Crippen molar-refractivity contribution in [1.82, 2.24) is 19.4 Å². The summed E-state index contributed by atoms with van der Waals surface area (Å²) in [4.78, 5) is 46.4. The van der Waals surface area contributed by atoms with Crippen molar-refractivity contribution in [2.45, 2.75) is 20.4 Å². The van der Waals surface area contributed by atoms with Crippen LogP contribution in [0.1, 0.15) is 33.5 Å². The number of Topliss-reactive ketones (excluding diaryl/α,β-unsaturated/α-hetero) is 1. The topological polar surface area (TPSA) is 88.7 Å². The minimum atomic E-state index is -0.289. The minimum Gasteiger partial charge on any atom is -0.461 e. The van der Waals surface area contributed by atoms with Gasteiger partial charge in [-0.25, -0.2) is 4.98 Å². The Kier molecular flexibility index (Phi) is 5.50. The molecule has 0 atom stereocenters. The van der Waals surface area contributed by atoms with Crippen molar-refractivity contribution in [3.05, 3.63) is 64.0 Å². The third-order valence-corrected chi connectivity index (χ3v) is 5.45. The molecule has 0 radical (unpaired) electrons. The van der Waals surface area contributed by atoms with Gasteiger partial charge in [0.2, 0.25) is 11.2 Å². The molecule has 30 heavy (non-hydrogen) atoms. The van der Waals surface area contributed by atoms with E-state index in [1.165, 1.54) is 6.26 Å². The van der Waals surface area contributed by atoms with Gasteiger partial charge in [0.1, 0.15) is 11.2 Å². The molecule has 0 spiro atoms. The third-order valence-electron chi connectivity index (χ3n) is 5.45. The molecule has 1 saturated heterocycles. The molecule has 1 amide bonds. The van der Waals surface area contributed by atoms with Crippen LogP contribution in [-0.2, 0) is 6.54 Å². The number of amides is 1. The minimum absolute atomic E-state index is 0.0806. The number of piperazine rings is 1. The number of hydrogen-bond donors (Lipinski definition) is 0. The zero-order chi connectivity index (χ0) is 21.3. The fourth-order valence-corrected chi connectivity index (χ4v) is 3.75. The molecule has 1 aliphatic heterocycles. The van der Waals surface area contributed by atoms with Crippen molar-refractivity contribution in [1.29, 1.82) is 0 Å². The van der Waals surface area contributed by atoms with Crippen LogP contribution in [0, 0.1) is 6.92 Å². The van der Waals surface area contributed by atoms with Gasteiger partial charge in [-0.15, -0.1) is 0 Å². The van der Waals surface area contributed by atoms with E-state index in [0.29, 0.717) is 49.5 Å². The number of ketones is 1. The summed E-state index contributed by atoms with van der Waals surface area (Å²) in [5.41, 5.74) is 1.29. The van der Waals surface area contributed by atoms with E-state index in [9.17, 15) is 14.4 Å². The Morgan fingerprint density at radius 1 is 1.13 bits per heavy atom. The first-order valence-corrected chi connectivity index (χ1v) is 10.1. The van der Waals surface area contributed by atoms with Crippen LogP contribution in [0.3, 0.4) is 0 Å². The molecule has 4 rings (SSSR count). The molecule has 8 nitrogen and oxygen atoms in total. The highest BCUT2D eigenvalue weighted by Gasteiger charge is 2.26. The van der Waals surface area contributed by atoms with Crippen LogP contribution in [0.5, 0.6) is 0 Å². The molecule has 3 aromatic heterocycles. The second kappa shape index (κ2) is 8.23. The van der Waals surface area contributed by atoms with Gasteiger partial charge >= 0.3 is 0 Å². The first kappa shape index (κ1) is 20.0. The van der Waals surface area contributed by atoms with Crippen LogP contribution < -0.4 is 5.43 Å². The lowest BCUT2D eigenvalue weighted by molar-refractivity contribution is 0.0618. The van der Waals surface area contributed by atoms with Gasteiger partial charge in [0.25, 0.3) is 5.91 Å². The second-order valence-corrected chi connectivity index (χ2v) is 7.45. The Labute approximate surface area is 173 Å². The highest BCUT2D eigenvalue weighted by atomic mass is 16.3. The molecule has 0 unspecified atom stereocenters. The van der Waals surface area contributed by atoms with Crippen molar-refractivity contribution in [2.24, 2.45) is 0 Å². The molecule has 1 fully saturated rings. The van der Waals surface area contributed by atoms with Gasteiger partial charge in [-0.2, -0.15) is 0 Å². The summed E-state index contributed by atoms with van der Waals surface area (Å²) in [6, 6.07) is 6.86. The Hall–Kier alpha value is -3.26. The fourth-order valence-electron chi connectivity index (χ4n) is 3.75. The molecule has 0 aliphatic carbocycles. The van der Waals surface area contributed by atoms with Crippen LogP contribution in [0.4, 0.5) is 0 Å². The number of rotatable bonds is 5. The monoisotopic (exact) mass is 408 g/mol. The largest absolute Gasteiger partial charge is 0.461 e. The number of carbonyl (C=O) groups is 2. The second-order valence-electron chi connectivity index (χ2n) is 7.45. The van der Waals surface area contributed by atoms with Crippen LogP contribution >= 0.6 is 0 Å². The van der Waals surface area contributed by atoms with E-state index < -0.39 is 0 Å². The van der Waals surface area contributed by atoms with Crippen LogP contribution in [0.2, 0.25) is 0 Å². The molecule has 1 aliphatic rings. The lowest BCUT2D eigenvalue weighted by Gasteiger charge is -2.34. The summed E-state index contributed by atoms with van der Waals surface area (Å²) in [5.74, 6) is -0.0155. The number of aryl methyl sites for hydroxylation is 2. The van der Waals surface area contributed by atoms with Gasteiger partial charge in [0, 0.05) is 44.6 Å². The molecule has 4 heterocycles. The van der Waals surface area contributed by atoms with Gasteiger partial charge in [-0.05, 0) is 38.1 Å². The quantitative estimate of drug-likeness (QED) is 0.600. The highest BCUT2D eigenvalue weighted by Crippen LogP contribution is 2.14. The van der Waals surface area contributed by atoms with E-state index >= 15 is 0 Å². The number of pyridine rings is 2. The first-order valence-electron chi connectivity index (χ1n) is 10.1. The molecular formula is C22H24N4O4. The van der Waals surface area contributed by atoms with Crippen molar-refractivity contribution in [3.63, 3.8) is 0 Å².